The van der Waals surface area contributed by atoms with E-state index in [2.05, 4.69) is 15.1 Å². The van der Waals surface area contributed by atoms with Gasteiger partial charge in [0.15, 0.2) is 0 Å². The fourth-order valence-corrected chi connectivity index (χ4v) is 0. The van der Waals surface area contributed by atoms with Crippen molar-refractivity contribution >= 4 is 0 Å². The molecule has 0 radical (unpaired) electrons. The van der Waals surface area contributed by atoms with Crippen LogP contribution in [0.2, 0.25) is 0 Å². The first-order valence-electron chi connectivity index (χ1n) is 1.29. The molecule has 3 nitrogen and oxygen atoms in total. The summed E-state index contributed by atoms with van der Waals surface area (Å²) in [5.74, 6) is 0. The molecule has 0 unspecified atom stereocenters. The first kappa shape index (κ1) is 9.45. The van der Waals surface area contributed by atoms with Gasteiger partial charge in [0.1, 0.15) is 0 Å². The van der Waals surface area contributed by atoms with E-state index in [1.807, 2.05) is 0 Å². The van der Waals surface area contributed by atoms with E-state index < -0.39 is 0 Å². The molecule has 0 aliphatic carbocycles. The average Bonchev–Trinajstić information content (AvgIpc) is 1.72. The van der Waals surface area contributed by atoms with Crippen molar-refractivity contribution in [1.29, 1.82) is 4.27 Å². The van der Waals surface area contributed by atoms with Crippen LogP contribution < -0.4 is 11.5 Å². The van der Waals surface area contributed by atoms with Crippen LogP contribution >= 0.6 is 0 Å². The molecule has 0 bridgehead atoms. The van der Waals surface area contributed by atoms with Crippen molar-refractivity contribution in [2.24, 2.45) is 11.5 Å². The molecule has 0 atom stereocenters. The van der Waals surface area contributed by atoms with Crippen LogP contribution in [0.25, 0.3) is 0 Å². The van der Waals surface area contributed by atoms with Crippen LogP contribution in [0.5, 0.6) is 0 Å². The van der Waals surface area contributed by atoms with Crippen molar-refractivity contribution in [2.75, 3.05) is 6.54 Å². The van der Waals surface area contributed by atoms with Crippen molar-refractivity contribution in [3.8, 4) is 0 Å². The van der Waals surface area contributed by atoms with Crippen molar-refractivity contribution in [1.82, 2.24) is 0 Å². The van der Waals surface area contributed by atoms with Gasteiger partial charge in [0.25, 0.3) is 0 Å². The van der Waals surface area contributed by atoms with Crippen LogP contribution in [0.1, 0.15) is 0 Å². The zero-order valence-electron chi connectivity index (χ0n) is 3.20. The van der Waals surface area contributed by atoms with Gasteiger partial charge < -0.3 is 11.5 Å². The summed E-state index contributed by atoms with van der Waals surface area (Å²) in [6.07, 6.45) is 0. The second-order valence-corrected chi connectivity index (χ2v) is 0.471. The molecule has 0 fully saturated rings. The van der Waals surface area contributed by atoms with Gasteiger partial charge in [-0.3, -0.25) is 6.54 Å². The van der Waals surface area contributed by atoms with Gasteiger partial charge in [-0.25, -0.2) is 0 Å². The van der Waals surface area contributed by atoms with Crippen LogP contribution in [0.4, 0.5) is 0 Å². The zero-order valence-corrected chi connectivity index (χ0v) is 4.19. The fourth-order valence-electron chi connectivity index (χ4n) is 0. The molecule has 6 heavy (non-hydrogen) atoms. The van der Waals surface area contributed by atoms with Gasteiger partial charge >= 0.3 is 19.4 Å². The quantitative estimate of drug-likeness (QED) is 0.357. The minimum atomic E-state index is 0.472. The van der Waals surface area contributed by atoms with Crippen molar-refractivity contribution in [2.45, 2.75) is 0 Å². The third-order valence-electron chi connectivity index (χ3n) is 0.136. The molecule has 0 aliphatic heterocycles. The zero-order chi connectivity index (χ0) is 5.41. The summed E-state index contributed by atoms with van der Waals surface area (Å²) in [7, 11) is 0. The molecule has 4 heteroatoms. The van der Waals surface area contributed by atoms with E-state index in [1.54, 1.807) is 0 Å². The summed E-state index contributed by atoms with van der Waals surface area (Å²) in [6.45, 7) is 1.88. The molecule has 0 rings (SSSR count). The average molecular weight is 132 g/mol. The predicted octanol–water partition coefficient (Wildman–Crippen LogP) is -0.922. The molecule has 4 N–H and O–H groups in total. The first-order valence-corrected chi connectivity index (χ1v) is 1.73. The SMILES string of the molecule is N[CH-]CN.[N]#[Ni]. The number of rotatable bonds is 1. The molecule has 41 valence electrons. The predicted molar refractivity (Wildman–Crippen MR) is 19.3 cm³/mol. The number of nitrogens with two attached hydrogens (primary N) is 2. The van der Waals surface area contributed by atoms with Gasteiger partial charge in [0.2, 0.25) is 0 Å². The summed E-state index contributed by atoms with van der Waals surface area (Å²) in [5, 5.41) is 0. The minimum absolute atomic E-state index is 0.472. The van der Waals surface area contributed by atoms with E-state index >= 15 is 0 Å². The summed E-state index contributed by atoms with van der Waals surface area (Å²) < 4.78 is 6.62. The summed E-state index contributed by atoms with van der Waals surface area (Å²) in [6, 6.07) is 0. The van der Waals surface area contributed by atoms with Gasteiger partial charge in [-0.1, -0.05) is 0 Å². The molecule has 0 aromatic rings. The molecular weight excluding hydrogens is 125 g/mol. The standard InChI is InChI=1S/C2H7N2.N.Ni/c3-1-2-4;;/h1H,2-4H2;;/q-1;;. The Labute approximate surface area is 44.7 Å². The maximum absolute atomic E-state index is 6.62. The van der Waals surface area contributed by atoms with E-state index in [0.29, 0.717) is 6.54 Å². The summed E-state index contributed by atoms with van der Waals surface area (Å²) in [4.78, 5) is 0. The molecular formula is C2H7N3Ni-. The topological polar surface area (TPSA) is 75.8 Å². The molecule has 0 saturated heterocycles. The Morgan fingerprint density at radius 3 is 1.83 bits per heavy atom. The van der Waals surface area contributed by atoms with E-state index in [0.717, 1.165) is 0 Å². The Bertz CT molecular complexity index is 25.2. The number of hydrogen-bond acceptors (Lipinski definition) is 3. The number of nitrogens with zero attached hydrogens (tertiary/aromatic N) is 1. The maximum atomic E-state index is 6.62. The summed E-state index contributed by atoms with van der Waals surface area (Å²) in [5.41, 5.74) is 9.62. The molecule has 0 aromatic carbocycles. The van der Waals surface area contributed by atoms with E-state index in [9.17, 15) is 0 Å². The number of hydrogen-bond donors (Lipinski definition) is 2. The van der Waals surface area contributed by atoms with Gasteiger partial charge in [-0.05, 0) is 0 Å². The van der Waals surface area contributed by atoms with Crippen LogP contribution in [-0.2, 0) is 15.1 Å². The first-order chi connectivity index (χ1) is 2.91. The van der Waals surface area contributed by atoms with Crippen LogP contribution in [0.15, 0.2) is 0 Å². The third kappa shape index (κ3) is 31.9. The second kappa shape index (κ2) is 19.3. The van der Waals surface area contributed by atoms with Crippen molar-refractivity contribution in [3.05, 3.63) is 6.54 Å². The monoisotopic (exact) mass is 131 g/mol. The molecule has 0 spiro atoms. The van der Waals surface area contributed by atoms with Crippen LogP contribution in [-0.4, -0.2) is 6.54 Å². The van der Waals surface area contributed by atoms with Crippen molar-refractivity contribution in [3.63, 3.8) is 0 Å². The normalized spacial score (nSPS) is 5.67. The van der Waals surface area contributed by atoms with Gasteiger partial charge in [0, 0.05) is 0 Å². The van der Waals surface area contributed by atoms with Crippen LogP contribution in [0.3, 0.4) is 0 Å². The Morgan fingerprint density at radius 1 is 1.67 bits per heavy atom. The Balaban J connectivity index is 0. The molecule has 0 amide bonds. The molecule has 0 aromatic heterocycles. The summed E-state index contributed by atoms with van der Waals surface area (Å²) >= 11 is 2.88. The Hall–Kier alpha value is 0.124. The third-order valence-corrected chi connectivity index (χ3v) is 0.136. The van der Waals surface area contributed by atoms with Crippen molar-refractivity contribution < 1.29 is 15.1 Å². The fraction of sp³-hybridized carbons (Fsp3) is 0.500. The van der Waals surface area contributed by atoms with E-state index in [-0.39, 0.29) is 0 Å². The van der Waals surface area contributed by atoms with Gasteiger partial charge in [-0.15, -0.1) is 6.54 Å². The Morgan fingerprint density at radius 2 is 1.83 bits per heavy atom. The molecule has 0 aliphatic rings. The van der Waals surface area contributed by atoms with E-state index in [4.69, 9.17) is 15.7 Å². The molecule has 0 saturated carbocycles. The van der Waals surface area contributed by atoms with Crippen LogP contribution in [0, 0.1) is 10.8 Å². The second-order valence-electron chi connectivity index (χ2n) is 0.471. The Kier molecular flexibility index (Phi) is 30.4. The van der Waals surface area contributed by atoms with E-state index in [1.165, 1.54) is 6.54 Å². The van der Waals surface area contributed by atoms with Gasteiger partial charge in [0.05, 0.1) is 0 Å². The van der Waals surface area contributed by atoms with Gasteiger partial charge in [-0.2, -0.15) is 0 Å². The molecule has 0 heterocycles.